The first-order chi connectivity index (χ1) is 13.3. The summed E-state index contributed by atoms with van der Waals surface area (Å²) in [7, 11) is 7.52. The van der Waals surface area contributed by atoms with Crippen LogP contribution in [-0.4, -0.2) is 60.5 Å². The second kappa shape index (κ2) is 10.2. The number of aliphatic imine (C=N–C) groups is 1. The number of guanidine groups is 1. The molecule has 6 nitrogen and oxygen atoms in total. The van der Waals surface area contributed by atoms with Gasteiger partial charge in [0.2, 0.25) is 0 Å². The Bertz CT molecular complexity index is 828. The molecular weight excluding hydrogens is 374 g/mol. The number of benzene rings is 1. The fraction of sp³-hybridized carbons (Fsp3) is 0.429. The molecule has 0 saturated carbocycles. The summed E-state index contributed by atoms with van der Waals surface area (Å²) in [6, 6.07) is 9.71. The zero-order valence-electron chi connectivity index (χ0n) is 17.4. The van der Waals surface area contributed by atoms with Crippen LogP contribution in [0.2, 0.25) is 5.02 Å². The summed E-state index contributed by atoms with van der Waals surface area (Å²) >= 11 is 6.08. The SMILES string of the molecule is CCNC(=NCCc1cccc(C(=O)N(C)C)c1)N(C)Cc1cc(Cl)cn1C. The molecule has 1 N–H and O–H groups in total. The average molecular weight is 404 g/mol. The predicted octanol–water partition coefficient (Wildman–Crippen LogP) is 3.02. The van der Waals surface area contributed by atoms with Crippen LogP contribution >= 0.6 is 11.6 Å². The van der Waals surface area contributed by atoms with Crippen molar-refractivity contribution in [3.05, 3.63) is 58.4 Å². The molecule has 2 aromatic rings. The van der Waals surface area contributed by atoms with E-state index < -0.39 is 0 Å². The number of carbonyl (C=O) groups is 1. The van der Waals surface area contributed by atoms with Crippen LogP contribution < -0.4 is 5.32 Å². The van der Waals surface area contributed by atoms with Crippen LogP contribution in [0.25, 0.3) is 0 Å². The van der Waals surface area contributed by atoms with Crippen LogP contribution in [0.15, 0.2) is 41.5 Å². The van der Waals surface area contributed by atoms with Gasteiger partial charge < -0.3 is 19.7 Å². The van der Waals surface area contributed by atoms with Gasteiger partial charge in [-0.2, -0.15) is 0 Å². The van der Waals surface area contributed by atoms with E-state index in [0.717, 1.165) is 35.2 Å². The number of hydrogen-bond acceptors (Lipinski definition) is 2. The largest absolute Gasteiger partial charge is 0.357 e. The number of nitrogens with one attached hydrogen (secondary N) is 1. The summed E-state index contributed by atoms with van der Waals surface area (Å²) < 4.78 is 2.02. The van der Waals surface area contributed by atoms with E-state index in [1.165, 1.54) is 0 Å². The van der Waals surface area contributed by atoms with E-state index >= 15 is 0 Å². The lowest BCUT2D eigenvalue weighted by Crippen LogP contribution is -2.39. The van der Waals surface area contributed by atoms with Crippen molar-refractivity contribution in [2.24, 2.45) is 12.0 Å². The topological polar surface area (TPSA) is 52.9 Å². The molecule has 1 amide bonds. The molecule has 7 heteroatoms. The number of rotatable bonds is 7. The number of nitrogens with zero attached hydrogens (tertiary/aromatic N) is 4. The molecule has 0 atom stereocenters. The molecule has 0 unspecified atom stereocenters. The van der Waals surface area contributed by atoms with Gasteiger partial charge >= 0.3 is 0 Å². The zero-order chi connectivity index (χ0) is 20.7. The maximum absolute atomic E-state index is 12.1. The summed E-state index contributed by atoms with van der Waals surface area (Å²) in [6.07, 6.45) is 2.67. The molecule has 0 bridgehead atoms. The maximum Gasteiger partial charge on any atom is 0.253 e. The number of aromatic nitrogens is 1. The van der Waals surface area contributed by atoms with Crippen LogP contribution in [0.3, 0.4) is 0 Å². The van der Waals surface area contributed by atoms with Gasteiger partial charge in [0.25, 0.3) is 5.91 Å². The van der Waals surface area contributed by atoms with Crippen LogP contribution in [-0.2, 0) is 20.0 Å². The van der Waals surface area contributed by atoms with Gasteiger partial charge in [0.15, 0.2) is 5.96 Å². The monoisotopic (exact) mass is 403 g/mol. The Labute approximate surface area is 172 Å². The molecule has 1 aromatic heterocycles. The van der Waals surface area contributed by atoms with E-state index in [0.29, 0.717) is 18.7 Å². The van der Waals surface area contributed by atoms with Crippen LogP contribution in [0.5, 0.6) is 0 Å². The first-order valence-electron chi connectivity index (χ1n) is 9.42. The second-order valence-corrected chi connectivity index (χ2v) is 7.44. The van der Waals surface area contributed by atoms with E-state index in [2.05, 4.69) is 17.1 Å². The van der Waals surface area contributed by atoms with Crippen molar-refractivity contribution in [2.45, 2.75) is 19.9 Å². The van der Waals surface area contributed by atoms with Crippen LogP contribution in [0.1, 0.15) is 28.5 Å². The Balaban J connectivity index is 2.03. The van der Waals surface area contributed by atoms with Crippen molar-refractivity contribution in [2.75, 3.05) is 34.2 Å². The molecule has 1 heterocycles. The highest BCUT2D eigenvalue weighted by atomic mass is 35.5. The first kappa shape index (κ1) is 21.8. The number of amides is 1. The molecule has 28 heavy (non-hydrogen) atoms. The minimum absolute atomic E-state index is 0.0136. The van der Waals surface area contributed by atoms with E-state index in [1.807, 2.05) is 55.2 Å². The van der Waals surface area contributed by atoms with Crippen LogP contribution in [0, 0.1) is 0 Å². The van der Waals surface area contributed by atoms with Crippen molar-refractivity contribution < 1.29 is 4.79 Å². The molecule has 0 saturated heterocycles. The summed E-state index contributed by atoms with van der Waals surface area (Å²) in [5.41, 5.74) is 2.92. The lowest BCUT2D eigenvalue weighted by atomic mass is 10.1. The molecule has 152 valence electrons. The molecule has 0 radical (unpaired) electrons. The van der Waals surface area contributed by atoms with Crippen molar-refractivity contribution in [3.63, 3.8) is 0 Å². The van der Waals surface area contributed by atoms with Gasteiger partial charge in [-0.25, -0.2) is 0 Å². The van der Waals surface area contributed by atoms with Crippen molar-refractivity contribution >= 4 is 23.5 Å². The van der Waals surface area contributed by atoms with Gasteiger partial charge in [0, 0.05) is 58.7 Å². The molecule has 0 fully saturated rings. The summed E-state index contributed by atoms with van der Waals surface area (Å²) in [5, 5.41) is 4.07. The predicted molar refractivity (Wildman–Crippen MR) is 116 cm³/mol. The fourth-order valence-corrected chi connectivity index (χ4v) is 3.19. The number of carbonyl (C=O) groups excluding carboxylic acids is 1. The quantitative estimate of drug-likeness (QED) is 0.571. The third-order valence-electron chi connectivity index (χ3n) is 4.41. The molecule has 0 aliphatic rings. The normalized spacial score (nSPS) is 11.4. The summed E-state index contributed by atoms with van der Waals surface area (Å²) in [4.78, 5) is 20.5. The van der Waals surface area contributed by atoms with E-state index in [-0.39, 0.29) is 5.91 Å². The maximum atomic E-state index is 12.1. The van der Waals surface area contributed by atoms with Crippen molar-refractivity contribution in [1.82, 2.24) is 19.7 Å². The lowest BCUT2D eigenvalue weighted by Gasteiger charge is -2.22. The van der Waals surface area contributed by atoms with E-state index in [4.69, 9.17) is 16.6 Å². The average Bonchev–Trinajstić information content (AvgIpc) is 2.97. The highest BCUT2D eigenvalue weighted by Gasteiger charge is 2.10. The smallest absolute Gasteiger partial charge is 0.253 e. The highest BCUT2D eigenvalue weighted by Crippen LogP contribution is 2.14. The summed E-state index contributed by atoms with van der Waals surface area (Å²) in [5.74, 6) is 0.861. The highest BCUT2D eigenvalue weighted by molar-refractivity contribution is 6.30. The number of hydrogen-bond donors (Lipinski definition) is 1. The Hall–Kier alpha value is -2.47. The van der Waals surface area contributed by atoms with Gasteiger partial charge in [-0.15, -0.1) is 0 Å². The molecule has 0 spiro atoms. The van der Waals surface area contributed by atoms with Crippen molar-refractivity contribution in [3.8, 4) is 0 Å². The van der Waals surface area contributed by atoms with Gasteiger partial charge in [-0.3, -0.25) is 9.79 Å². The Morgan fingerprint density at radius 1 is 1.25 bits per heavy atom. The van der Waals surface area contributed by atoms with Gasteiger partial charge in [0.05, 0.1) is 11.6 Å². The van der Waals surface area contributed by atoms with E-state index in [9.17, 15) is 4.79 Å². The van der Waals surface area contributed by atoms with Crippen molar-refractivity contribution in [1.29, 1.82) is 0 Å². The molecule has 2 rings (SSSR count). The third kappa shape index (κ3) is 6.02. The third-order valence-corrected chi connectivity index (χ3v) is 4.62. The molecule has 0 aliphatic heterocycles. The minimum atomic E-state index is 0.0136. The summed E-state index contributed by atoms with van der Waals surface area (Å²) in [6.45, 7) is 4.20. The Kier molecular flexibility index (Phi) is 7.93. The standard InChI is InChI=1S/C21H30ClN5O/c1-6-23-21(27(5)15-19-13-18(22)14-26(19)4)24-11-10-16-8-7-9-17(12-16)20(28)25(2)3/h7-9,12-14H,6,10-11,15H2,1-5H3,(H,23,24). The second-order valence-electron chi connectivity index (χ2n) is 7.00. The van der Waals surface area contributed by atoms with Crippen LogP contribution in [0.4, 0.5) is 0 Å². The van der Waals surface area contributed by atoms with Gasteiger partial charge in [-0.1, -0.05) is 23.7 Å². The molecule has 0 aliphatic carbocycles. The molecule has 1 aromatic carbocycles. The Morgan fingerprint density at radius 3 is 2.61 bits per heavy atom. The first-order valence-corrected chi connectivity index (χ1v) is 9.80. The number of halogens is 1. The van der Waals surface area contributed by atoms with Gasteiger partial charge in [0.1, 0.15) is 0 Å². The van der Waals surface area contributed by atoms with E-state index in [1.54, 1.807) is 19.0 Å². The fourth-order valence-electron chi connectivity index (χ4n) is 2.92. The minimum Gasteiger partial charge on any atom is -0.357 e. The number of aryl methyl sites for hydroxylation is 1. The Morgan fingerprint density at radius 2 is 2.00 bits per heavy atom. The molecular formula is C21H30ClN5O. The van der Waals surface area contributed by atoms with Gasteiger partial charge in [-0.05, 0) is 37.1 Å². The lowest BCUT2D eigenvalue weighted by molar-refractivity contribution is 0.0827. The zero-order valence-corrected chi connectivity index (χ0v) is 18.1.